The van der Waals surface area contributed by atoms with E-state index < -0.39 is 5.91 Å². The number of nitrogens with one attached hydrogen (secondary N) is 1. The van der Waals surface area contributed by atoms with Crippen LogP contribution in [0.2, 0.25) is 0 Å². The zero-order chi connectivity index (χ0) is 22.8. The van der Waals surface area contributed by atoms with E-state index in [2.05, 4.69) is 35.0 Å². The maximum Gasteiger partial charge on any atom is 0.266 e. The van der Waals surface area contributed by atoms with Crippen molar-refractivity contribution in [3.8, 4) is 17.8 Å². The van der Waals surface area contributed by atoms with Crippen LogP contribution >= 0.6 is 11.3 Å². The van der Waals surface area contributed by atoms with E-state index in [-0.39, 0.29) is 5.57 Å². The number of thiophene rings is 1. The van der Waals surface area contributed by atoms with Crippen LogP contribution in [0.15, 0.2) is 35.9 Å². The number of aryl methyl sites for hydroxylation is 3. The first kappa shape index (κ1) is 21.6. The number of fused-ring (bicyclic) bond motifs is 1. The Morgan fingerprint density at radius 3 is 2.66 bits per heavy atom. The number of benzene rings is 1. The average molecular weight is 441 g/mol. The number of carbonyl (C=O) groups excluding carboxylic acids is 1. The first-order valence-corrected chi connectivity index (χ1v) is 11.5. The van der Waals surface area contributed by atoms with E-state index in [1.54, 1.807) is 6.08 Å². The van der Waals surface area contributed by atoms with E-state index in [1.807, 2.05) is 38.1 Å². The van der Waals surface area contributed by atoms with Gasteiger partial charge in [-0.2, -0.15) is 10.5 Å². The fourth-order valence-electron chi connectivity index (χ4n) is 4.34. The first-order valence-electron chi connectivity index (χ1n) is 10.7. The lowest BCUT2D eigenvalue weighted by atomic mass is 9.96. The number of carbonyl (C=O) groups is 1. The van der Waals surface area contributed by atoms with Crippen molar-refractivity contribution in [2.45, 2.75) is 46.5 Å². The number of nitrogens with zero attached hydrogens (tertiary/aromatic N) is 3. The molecule has 0 spiro atoms. The molecule has 0 fully saturated rings. The van der Waals surface area contributed by atoms with Gasteiger partial charge < -0.3 is 9.88 Å². The van der Waals surface area contributed by atoms with Gasteiger partial charge in [0, 0.05) is 22.0 Å². The molecule has 1 aliphatic carbocycles. The van der Waals surface area contributed by atoms with E-state index in [1.165, 1.54) is 16.2 Å². The lowest BCUT2D eigenvalue weighted by molar-refractivity contribution is -0.112. The molecule has 0 aliphatic heterocycles. The van der Waals surface area contributed by atoms with Crippen LogP contribution in [0.5, 0.6) is 0 Å². The number of nitriles is 2. The summed E-state index contributed by atoms with van der Waals surface area (Å²) in [5, 5.41) is 22.7. The lowest BCUT2D eigenvalue weighted by Gasteiger charge is -2.10. The van der Waals surface area contributed by atoms with Gasteiger partial charge in [-0.15, -0.1) is 11.3 Å². The molecule has 3 aromatic rings. The summed E-state index contributed by atoms with van der Waals surface area (Å²) in [5.41, 5.74) is 6.64. The van der Waals surface area contributed by atoms with Gasteiger partial charge in [-0.05, 0) is 87.4 Å². The Bertz CT molecular complexity index is 1330. The van der Waals surface area contributed by atoms with Crippen molar-refractivity contribution in [3.63, 3.8) is 0 Å². The summed E-state index contributed by atoms with van der Waals surface area (Å²) in [6, 6.07) is 14.5. The van der Waals surface area contributed by atoms with Crippen molar-refractivity contribution in [3.05, 3.63) is 74.4 Å². The molecule has 0 saturated heterocycles. The molecule has 2 aromatic heterocycles. The Labute approximate surface area is 192 Å². The standard InChI is InChI=1S/C26H24N4OS/c1-16-7-6-8-21(11-16)30-17(2)12-19(18(30)3)13-20(14-27)25(31)29-26-23(15-28)22-9-4-5-10-24(22)32-26/h6-8,11-13H,4-5,9-10H2,1-3H3,(H,29,31)/b20-13-. The summed E-state index contributed by atoms with van der Waals surface area (Å²) in [6.45, 7) is 6.04. The lowest BCUT2D eigenvalue weighted by Crippen LogP contribution is -2.13. The minimum Gasteiger partial charge on any atom is -0.318 e. The van der Waals surface area contributed by atoms with Gasteiger partial charge in [0.25, 0.3) is 5.91 Å². The molecule has 32 heavy (non-hydrogen) atoms. The van der Waals surface area contributed by atoms with E-state index >= 15 is 0 Å². The highest BCUT2D eigenvalue weighted by molar-refractivity contribution is 7.16. The minimum absolute atomic E-state index is 0.0183. The van der Waals surface area contributed by atoms with E-state index in [9.17, 15) is 15.3 Å². The van der Waals surface area contributed by atoms with Crippen LogP contribution in [0.3, 0.4) is 0 Å². The quantitative estimate of drug-likeness (QED) is 0.414. The number of anilines is 1. The summed E-state index contributed by atoms with van der Waals surface area (Å²) in [4.78, 5) is 14.1. The normalized spacial score (nSPS) is 13.2. The minimum atomic E-state index is -0.483. The van der Waals surface area contributed by atoms with Crippen LogP contribution in [0.1, 0.15) is 51.4 Å². The molecule has 1 aromatic carbocycles. The number of hydrogen-bond acceptors (Lipinski definition) is 4. The number of aromatic nitrogens is 1. The molecule has 1 amide bonds. The highest BCUT2D eigenvalue weighted by Gasteiger charge is 2.23. The Balaban J connectivity index is 1.65. The van der Waals surface area contributed by atoms with Crippen LogP contribution < -0.4 is 5.32 Å². The van der Waals surface area contributed by atoms with Gasteiger partial charge in [-0.25, -0.2) is 0 Å². The Morgan fingerprint density at radius 1 is 1.16 bits per heavy atom. The van der Waals surface area contributed by atoms with E-state index in [0.717, 1.165) is 59.4 Å². The van der Waals surface area contributed by atoms with Crippen molar-refractivity contribution in [1.29, 1.82) is 10.5 Å². The van der Waals surface area contributed by atoms with Gasteiger partial charge in [0.15, 0.2) is 0 Å². The van der Waals surface area contributed by atoms with Crippen LogP contribution in [0, 0.1) is 43.4 Å². The first-order chi connectivity index (χ1) is 15.4. The number of rotatable bonds is 4. The van der Waals surface area contributed by atoms with E-state index in [4.69, 9.17) is 0 Å². The zero-order valence-corrected chi connectivity index (χ0v) is 19.3. The van der Waals surface area contributed by atoms with Crippen molar-refractivity contribution in [2.75, 3.05) is 5.32 Å². The smallest absolute Gasteiger partial charge is 0.266 e. The predicted octanol–water partition coefficient (Wildman–Crippen LogP) is 5.76. The fourth-order valence-corrected chi connectivity index (χ4v) is 5.58. The van der Waals surface area contributed by atoms with Crippen molar-refractivity contribution in [1.82, 2.24) is 4.57 Å². The van der Waals surface area contributed by atoms with Crippen molar-refractivity contribution in [2.24, 2.45) is 0 Å². The molecule has 0 saturated carbocycles. The van der Waals surface area contributed by atoms with Gasteiger partial charge in [-0.3, -0.25) is 4.79 Å². The molecule has 1 N–H and O–H groups in total. The molecule has 0 bridgehead atoms. The summed E-state index contributed by atoms with van der Waals surface area (Å²) in [5.74, 6) is -0.483. The van der Waals surface area contributed by atoms with Crippen LogP contribution in [0.4, 0.5) is 5.00 Å². The largest absolute Gasteiger partial charge is 0.318 e. The molecule has 5 nitrogen and oxygen atoms in total. The number of hydrogen-bond donors (Lipinski definition) is 1. The van der Waals surface area contributed by atoms with Crippen molar-refractivity contribution >= 4 is 28.3 Å². The fraction of sp³-hybridized carbons (Fsp3) is 0.269. The Kier molecular flexibility index (Phi) is 5.99. The summed E-state index contributed by atoms with van der Waals surface area (Å²) in [7, 11) is 0. The van der Waals surface area contributed by atoms with Gasteiger partial charge in [0.1, 0.15) is 22.7 Å². The van der Waals surface area contributed by atoms with Crippen LogP contribution in [-0.2, 0) is 17.6 Å². The van der Waals surface area contributed by atoms with Crippen LogP contribution in [0.25, 0.3) is 11.8 Å². The summed E-state index contributed by atoms with van der Waals surface area (Å²) >= 11 is 1.46. The van der Waals surface area contributed by atoms with Crippen molar-refractivity contribution < 1.29 is 4.79 Å². The highest BCUT2D eigenvalue weighted by atomic mass is 32.1. The molecule has 6 heteroatoms. The number of amides is 1. The van der Waals surface area contributed by atoms with Gasteiger partial charge in [0.2, 0.25) is 0 Å². The maximum absolute atomic E-state index is 12.9. The van der Waals surface area contributed by atoms with Gasteiger partial charge >= 0.3 is 0 Å². The molecule has 0 atom stereocenters. The zero-order valence-electron chi connectivity index (χ0n) is 18.5. The molecule has 1 aliphatic rings. The second-order valence-corrected chi connectivity index (χ2v) is 9.26. The average Bonchev–Trinajstić information content (AvgIpc) is 3.27. The molecule has 0 radical (unpaired) electrons. The molecule has 0 unspecified atom stereocenters. The molecule has 4 rings (SSSR count). The molecule has 2 heterocycles. The monoisotopic (exact) mass is 440 g/mol. The predicted molar refractivity (Wildman–Crippen MR) is 128 cm³/mol. The Morgan fingerprint density at radius 2 is 1.94 bits per heavy atom. The third kappa shape index (κ3) is 3.98. The summed E-state index contributed by atoms with van der Waals surface area (Å²) < 4.78 is 2.12. The van der Waals surface area contributed by atoms with Gasteiger partial charge in [-0.1, -0.05) is 12.1 Å². The van der Waals surface area contributed by atoms with E-state index in [0.29, 0.717) is 10.6 Å². The molecule has 160 valence electrons. The topological polar surface area (TPSA) is 81.6 Å². The third-order valence-corrected chi connectivity index (χ3v) is 7.11. The third-order valence-electron chi connectivity index (χ3n) is 5.91. The van der Waals surface area contributed by atoms with Gasteiger partial charge in [0.05, 0.1) is 5.56 Å². The van der Waals surface area contributed by atoms with Crippen LogP contribution in [-0.4, -0.2) is 10.5 Å². The summed E-state index contributed by atoms with van der Waals surface area (Å²) in [6.07, 6.45) is 5.60. The molecular weight excluding hydrogens is 416 g/mol. The SMILES string of the molecule is Cc1cccc(-n2c(C)cc(/C=C(/C#N)C(=O)Nc3sc4c(c3C#N)CCCC4)c2C)c1. The second kappa shape index (κ2) is 8.86. The maximum atomic E-state index is 12.9. The second-order valence-electron chi connectivity index (χ2n) is 8.15. The molecular formula is C26H24N4OS. The highest BCUT2D eigenvalue weighted by Crippen LogP contribution is 2.37. The Hall–Kier alpha value is -3.61.